The lowest BCUT2D eigenvalue weighted by molar-refractivity contribution is 0.239. The van der Waals surface area contributed by atoms with Gasteiger partial charge in [0.05, 0.1) is 17.7 Å². The maximum absolute atomic E-state index is 14.1. The molecule has 0 atom stereocenters. The second kappa shape index (κ2) is 6.90. The number of ether oxygens (including phenoxy) is 1. The summed E-state index contributed by atoms with van der Waals surface area (Å²) in [7, 11) is 1.59. The summed E-state index contributed by atoms with van der Waals surface area (Å²) in [5, 5.41) is 2.03. The first-order valence-corrected chi connectivity index (χ1v) is 9.04. The molecule has 0 unspecified atom stereocenters. The molecule has 128 valence electrons. The molecule has 0 amide bonds. The van der Waals surface area contributed by atoms with Gasteiger partial charge < -0.3 is 4.74 Å². The highest BCUT2D eigenvalue weighted by Crippen LogP contribution is 2.25. The van der Waals surface area contributed by atoms with Crippen molar-refractivity contribution in [3.8, 4) is 16.5 Å². The second-order valence-electron chi connectivity index (χ2n) is 6.06. The molecular weight excluding hydrogens is 337 g/mol. The van der Waals surface area contributed by atoms with Crippen LogP contribution >= 0.6 is 11.3 Å². The Morgan fingerprint density at radius 3 is 3.04 bits per heavy atom. The zero-order valence-electron chi connectivity index (χ0n) is 13.9. The van der Waals surface area contributed by atoms with E-state index >= 15 is 0 Å². The second-order valence-corrected chi connectivity index (χ2v) is 7.01. The Balaban J connectivity index is 1.52. The molecule has 0 aliphatic carbocycles. The standard InChI is InChI=1S/C19H18FN3OS/c1-24-15-4-5-16(20)13(9-15)11-23-7-6-17-14(12-23)10-21-19(22-17)18-3-2-8-25-18/h2-5,8-10H,6-7,11-12H2,1H3. The Labute approximate surface area is 149 Å². The van der Waals surface area contributed by atoms with E-state index in [4.69, 9.17) is 9.72 Å². The van der Waals surface area contributed by atoms with Crippen molar-refractivity contribution in [2.75, 3.05) is 13.7 Å². The lowest BCUT2D eigenvalue weighted by atomic mass is 10.1. The number of thiophene rings is 1. The number of aromatic nitrogens is 2. The molecule has 0 radical (unpaired) electrons. The van der Waals surface area contributed by atoms with Gasteiger partial charge in [0.25, 0.3) is 0 Å². The molecule has 2 aromatic heterocycles. The number of benzene rings is 1. The van der Waals surface area contributed by atoms with Crippen molar-refractivity contribution in [1.29, 1.82) is 0 Å². The third kappa shape index (κ3) is 3.41. The number of methoxy groups -OCH3 is 1. The molecule has 6 heteroatoms. The molecule has 0 fully saturated rings. The largest absolute Gasteiger partial charge is 0.497 e. The Morgan fingerprint density at radius 1 is 1.32 bits per heavy atom. The third-order valence-electron chi connectivity index (χ3n) is 4.40. The van der Waals surface area contributed by atoms with Crippen LogP contribution in [0.1, 0.15) is 16.8 Å². The summed E-state index contributed by atoms with van der Waals surface area (Å²) in [6, 6.07) is 8.91. The van der Waals surface area contributed by atoms with Gasteiger partial charge >= 0.3 is 0 Å². The van der Waals surface area contributed by atoms with Gasteiger partial charge in [0, 0.05) is 43.4 Å². The van der Waals surface area contributed by atoms with Crippen LogP contribution in [0.3, 0.4) is 0 Å². The quantitative estimate of drug-likeness (QED) is 0.711. The SMILES string of the molecule is COc1ccc(F)c(CN2CCc3nc(-c4cccs4)ncc3C2)c1. The van der Waals surface area contributed by atoms with Crippen LogP contribution in [0.5, 0.6) is 5.75 Å². The van der Waals surface area contributed by atoms with Gasteiger partial charge in [-0.25, -0.2) is 14.4 Å². The van der Waals surface area contributed by atoms with Crippen LogP contribution in [0.25, 0.3) is 10.7 Å². The maximum atomic E-state index is 14.1. The Kier molecular flexibility index (Phi) is 4.46. The number of nitrogens with zero attached hydrogens (tertiary/aromatic N) is 3. The van der Waals surface area contributed by atoms with Gasteiger partial charge in [-0.2, -0.15) is 0 Å². The van der Waals surface area contributed by atoms with Crippen molar-refractivity contribution < 1.29 is 9.13 Å². The molecule has 1 aromatic carbocycles. The number of hydrogen-bond acceptors (Lipinski definition) is 5. The summed E-state index contributed by atoms with van der Waals surface area (Å²) in [4.78, 5) is 12.5. The predicted molar refractivity (Wildman–Crippen MR) is 96.1 cm³/mol. The van der Waals surface area contributed by atoms with E-state index in [0.717, 1.165) is 41.5 Å². The molecule has 0 N–H and O–H groups in total. The molecule has 0 bridgehead atoms. The number of rotatable bonds is 4. The third-order valence-corrected chi connectivity index (χ3v) is 5.27. The lowest BCUT2D eigenvalue weighted by Gasteiger charge is -2.28. The fourth-order valence-electron chi connectivity index (χ4n) is 3.07. The molecule has 0 saturated carbocycles. The van der Waals surface area contributed by atoms with Crippen LogP contribution in [-0.4, -0.2) is 28.5 Å². The summed E-state index contributed by atoms with van der Waals surface area (Å²) >= 11 is 1.65. The van der Waals surface area contributed by atoms with Crippen molar-refractivity contribution in [2.45, 2.75) is 19.5 Å². The van der Waals surface area contributed by atoms with Crippen LogP contribution < -0.4 is 4.74 Å². The minimum Gasteiger partial charge on any atom is -0.497 e. The highest BCUT2D eigenvalue weighted by molar-refractivity contribution is 7.13. The van der Waals surface area contributed by atoms with Crippen LogP contribution in [0.4, 0.5) is 4.39 Å². The smallest absolute Gasteiger partial charge is 0.169 e. The van der Waals surface area contributed by atoms with Crippen LogP contribution in [0, 0.1) is 5.82 Å². The van der Waals surface area contributed by atoms with E-state index in [1.807, 2.05) is 23.7 Å². The molecule has 3 heterocycles. The molecule has 1 aliphatic heterocycles. The Hall–Kier alpha value is -2.31. The Bertz CT molecular complexity index is 882. The first-order valence-electron chi connectivity index (χ1n) is 8.16. The molecule has 4 nitrogen and oxygen atoms in total. The lowest BCUT2D eigenvalue weighted by Crippen LogP contribution is -2.31. The number of halogens is 1. The zero-order chi connectivity index (χ0) is 17.2. The minimum absolute atomic E-state index is 0.198. The number of hydrogen-bond donors (Lipinski definition) is 0. The van der Waals surface area contributed by atoms with Crippen LogP contribution in [0.15, 0.2) is 41.9 Å². The maximum Gasteiger partial charge on any atom is 0.169 e. The minimum atomic E-state index is -0.198. The van der Waals surface area contributed by atoms with E-state index in [9.17, 15) is 4.39 Å². The van der Waals surface area contributed by atoms with Gasteiger partial charge in [0.15, 0.2) is 5.82 Å². The topological polar surface area (TPSA) is 38.2 Å². The number of fused-ring (bicyclic) bond motifs is 1. The summed E-state index contributed by atoms with van der Waals surface area (Å²) < 4.78 is 19.3. The van der Waals surface area contributed by atoms with Crippen molar-refractivity contribution >= 4 is 11.3 Å². The summed E-state index contributed by atoms with van der Waals surface area (Å²) in [6.07, 6.45) is 2.76. The van der Waals surface area contributed by atoms with Crippen molar-refractivity contribution in [2.24, 2.45) is 0 Å². The van der Waals surface area contributed by atoms with Gasteiger partial charge in [-0.05, 0) is 29.6 Å². The van der Waals surface area contributed by atoms with Crippen LogP contribution in [0.2, 0.25) is 0 Å². The fraction of sp³-hybridized carbons (Fsp3) is 0.263. The predicted octanol–water partition coefficient (Wildman–Crippen LogP) is 3.91. The molecular formula is C19H18FN3OS. The zero-order valence-corrected chi connectivity index (χ0v) is 14.7. The fourth-order valence-corrected chi connectivity index (χ4v) is 3.74. The van der Waals surface area contributed by atoms with Crippen LogP contribution in [-0.2, 0) is 19.5 Å². The van der Waals surface area contributed by atoms with E-state index in [2.05, 4.69) is 9.88 Å². The molecule has 3 aromatic rings. The monoisotopic (exact) mass is 355 g/mol. The first-order chi connectivity index (χ1) is 12.2. The van der Waals surface area contributed by atoms with E-state index in [-0.39, 0.29) is 5.82 Å². The van der Waals surface area contributed by atoms with E-state index in [0.29, 0.717) is 17.9 Å². The molecule has 25 heavy (non-hydrogen) atoms. The van der Waals surface area contributed by atoms with Gasteiger partial charge in [0.1, 0.15) is 11.6 Å². The van der Waals surface area contributed by atoms with Gasteiger partial charge in [0.2, 0.25) is 0 Å². The van der Waals surface area contributed by atoms with Crippen molar-refractivity contribution in [3.63, 3.8) is 0 Å². The average molecular weight is 355 g/mol. The van der Waals surface area contributed by atoms with Crippen molar-refractivity contribution in [1.82, 2.24) is 14.9 Å². The first kappa shape index (κ1) is 16.2. The van der Waals surface area contributed by atoms with E-state index in [1.165, 1.54) is 6.07 Å². The van der Waals surface area contributed by atoms with E-state index < -0.39 is 0 Å². The van der Waals surface area contributed by atoms with E-state index in [1.54, 1.807) is 30.6 Å². The highest BCUT2D eigenvalue weighted by atomic mass is 32.1. The molecule has 0 spiro atoms. The highest BCUT2D eigenvalue weighted by Gasteiger charge is 2.20. The van der Waals surface area contributed by atoms with Gasteiger partial charge in [-0.3, -0.25) is 4.90 Å². The van der Waals surface area contributed by atoms with Crippen molar-refractivity contribution in [3.05, 3.63) is 64.5 Å². The summed E-state index contributed by atoms with van der Waals surface area (Å²) in [6.45, 7) is 2.14. The van der Waals surface area contributed by atoms with Gasteiger partial charge in [-0.15, -0.1) is 11.3 Å². The normalized spacial score (nSPS) is 14.3. The average Bonchev–Trinajstić information content (AvgIpc) is 3.18. The molecule has 0 saturated heterocycles. The molecule has 4 rings (SSSR count). The Morgan fingerprint density at radius 2 is 2.24 bits per heavy atom. The van der Waals surface area contributed by atoms with Gasteiger partial charge in [-0.1, -0.05) is 6.07 Å². The summed E-state index contributed by atoms with van der Waals surface area (Å²) in [5.74, 6) is 1.27. The molecule has 1 aliphatic rings. The summed E-state index contributed by atoms with van der Waals surface area (Å²) in [5.41, 5.74) is 2.87.